The molecule has 2 aliphatic rings. The van der Waals surface area contributed by atoms with E-state index in [0.717, 1.165) is 43.4 Å². The Bertz CT molecular complexity index is 679. The molecular weight excluding hydrogens is 480 g/mol. The fourth-order valence-electron chi connectivity index (χ4n) is 6.69. The second-order valence-electron chi connectivity index (χ2n) is 11.8. The van der Waals surface area contributed by atoms with Crippen molar-refractivity contribution in [1.82, 2.24) is 0 Å². The van der Waals surface area contributed by atoms with Crippen molar-refractivity contribution in [2.24, 2.45) is 29.6 Å². The summed E-state index contributed by atoms with van der Waals surface area (Å²) in [6.07, 6.45) is 19.9. The maximum atomic E-state index is 11.8. The average molecular weight is 535 g/mol. The molecule has 6 heteroatoms. The van der Waals surface area contributed by atoms with Gasteiger partial charge in [0.05, 0.1) is 37.6 Å². The maximum Gasteiger partial charge on any atom is 0.335 e. The van der Waals surface area contributed by atoms with Gasteiger partial charge in [0.2, 0.25) is 0 Å². The second kappa shape index (κ2) is 18.6. The summed E-state index contributed by atoms with van der Waals surface area (Å²) in [6, 6.07) is 0. The highest BCUT2D eigenvalue weighted by molar-refractivity contribution is 5.88. The van der Waals surface area contributed by atoms with Crippen LogP contribution in [-0.4, -0.2) is 48.6 Å². The van der Waals surface area contributed by atoms with Crippen LogP contribution in [0.3, 0.4) is 0 Å². The van der Waals surface area contributed by atoms with Gasteiger partial charge >= 0.3 is 11.9 Å². The highest BCUT2D eigenvalue weighted by Gasteiger charge is 2.33. The van der Waals surface area contributed by atoms with Gasteiger partial charge < -0.3 is 19.7 Å². The van der Waals surface area contributed by atoms with Crippen LogP contribution in [0.25, 0.3) is 0 Å². The van der Waals surface area contributed by atoms with E-state index in [2.05, 4.69) is 20.1 Å². The van der Waals surface area contributed by atoms with Crippen LogP contribution in [0.5, 0.6) is 0 Å². The lowest BCUT2D eigenvalue weighted by molar-refractivity contribution is -0.140. The van der Waals surface area contributed by atoms with Crippen molar-refractivity contribution in [2.75, 3.05) is 26.4 Å². The van der Waals surface area contributed by atoms with E-state index in [-0.39, 0.29) is 24.4 Å². The normalized spacial score (nSPS) is 23.7. The summed E-state index contributed by atoms with van der Waals surface area (Å²) in [5, 5.41) is 18.1. The molecule has 2 fully saturated rings. The summed E-state index contributed by atoms with van der Waals surface area (Å²) in [5.41, 5.74) is 0.169. The Morgan fingerprint density at radius 2 is 1.21 bits per heavy atom. The van der Waals surface area contributed by atoms with Crippen LogP contribution in [0.4, 0.5) is 0 Å². The monoisotopic (exact) mass is 534 g/mol. The van der Waals surface area contributed by atoms with Crippen molar-refractivity contribution in [3.8, 4) is 0 Å². The molecule has 0 spiro atoms. The highest BCUT2D eigenvalue weighted by Crippen LogP contribution is 2.45. The van der Waals surface area contributed by atoms with E-state index < -0.39 is 11.9 Å². The predicted octanol–water partition coefficient (Wildman–Crippen LogP) is 6.54. The third-order valence-electron chi connectivity index (χ3n) is 9.12. The lowest BCUT2D eigenvalue weighted by Crippen LogP contribution is -2.28. The Balaban J connectivity index is 1.79. The van der Waals surface area contributed by atoms with E-state index in [1.165, 1.54) is 77.0 Å². The number of carbonyl (C=O) groups is 2. The zero-order valence-corrected chi connectivity index (χ0v) is 24.0. The molecule has 0 heterocycles. The SMILES string of the molecule is C=C(CO)C(=O)OCCCC(CCCOC(=O)C(=C)CO)C1CCC(C2CCC(CCCCC)CC2)CC1. The number of aliphatic hydroxyl groups is 2. The molecule has 0 aromatic rings. The largest absolute Gasteiger partial charge is 0.462 e. The first kappa shape index (κ1) is 32.6. The van der Waals surface area contributed by atoms with Crippen molar-refractivity contribution in [3.63, 3.8) is 0 Å². The van der Waals surface area contributed by atoms with Gasteiger partial charge in [-0.05, 0) is 93.8 Å². The molecule has 0 aromatic carbocycles. The molecule has 6 nitrogen and oxygen atoms in total. The highest BCUT2D eigenvalue weighted by atomic mass is 16.5. The molecular formula is C32H54O6. The van der Waals surface area contributed by atoms with Gasteiger partial charge in [0.15, 0.2) is 0 Å². The second-order valence-corrected chi connectivity index (χ2v) is 11.8. The molecule has 2 aliphatic carbocycles. The van der Waals surface area contributed by atoms with Gasteiger partial charge in [-0.3, -0.25) is 0 Å². The molecule has 0 amide bonds. The van der Waals surface area contributed by atoms with Gasteiger partial charge in [-0.1, -0.05) is 58.6 Å². The molecule has 38 heavy (non-hydrogen) atoms. The number of ether oxygens (including phenoxy) is 2. The first-order valence-electron chi connectivity index (χ1n) is 15.3. The Kier molecular flexibility index (Phi) is 15.9. The molecule has 0 atom stereocenters. The van der Waals surface area contributed by atoms with Crippen LogP contribution < -0.4 is 0 Å². The number of unbranched alkanes of at least 4 members (excludes halogenated alkanes) is 2. The number of esters is 2. The minimum atomic E-state index is -0.527. The molecule has 0 aliphatic heterocycles. The van der Waals surface area contributed by atoms with Gasteiger partial charge in [-0.2, -0.15) is 0 Å². The summed E-state index contributed by atoms with van der Waals surface area (Å²) in [6.45, 7) is 9.22. The van der Waals surface area contributed by atoms with Crippen molar-refractivity contribution in [3.05, 3.63) is 24.3 Å². The van der Waals surface area contributed by atoms with E-state index in [0.29, 0.717) is 25.0 Å². The fraction of sp³-hybridized carbons (Fsp3) is 0.812. The molecule has 0 bridgehead atoms. The van der Waals surface area contributed by atoms with Gasteiger partial charge in [0, 0.05) is 0 Å². The number of carbonyl (C=O) groups excluding carboxylic acids is 2. The quantitative estimate of drug-likeness (QED) is 0.118. The number of rotatable bonds is 18. The van der Waals surface area contributed by atoms with Crippen molar-refractivity contribution < 1.29 is 29.3 Å². The van der Waals surface area contributed by atoms with E-state index in [4.69, 9.17) is 19.7 Å². The zero-order chi connectivity index (χ0) is 27.8. The molecule has 0 saturated heterocycles. The summed E-state index contributed by atoms with van der Waals surface area (Å²) >= 11 is 0. The summed E-state index contributed by atoms with van der Waals surface area (Å²) < 4.78 is 10.5. The molecule has 0 unspecified atom stereocenters. The Hall–Kier alpha value is -1.66. The minimum absolute atomic E-state index is 0.0844. The summed E-state index contributed by atoms with van der Waals surface area (Å²) in [5.74, 6) is 2.86. The van der Waals surface area contributed by atoms with Crippen LogP contribution in [0.1, 0.15) is 110 Å². The molecule has 218 valence electrons. The molecule has 2 N–H and O–H groups in total. The molecule has 2 rings (SSSR count). The lowest BCUT2D eigenvalue weighted by atomic mass is 9.66. The van der Waals surface area contributed by atoms with Crippen LogP contribution in [0.2, 0.25) is 0 Å². The third-order valence-corrected chi connectivity index (χ3v) is 9.12. The van der Waals surface area contributed by atoms with Gasteiger partial charge in [0.1, 0.15) is 0 Å². The number of hydrogen-bond acceptors (Lipinski definition) is 6. The Morgan fingerprint density at radius 1 is 0.737 bits per heavy atom. The maximum absolute atomic E-state index is 11.8. The van der Waals surface area contributed by atoms with Crippen LogP contribution >= 0.6 is 0 Å². The van der Waals surface area contributed by atoms with E-state index in [9.17, 15) is 9.59 Å². The average Bonchev–Trinajstić information content (AvgIpc) is 2.95. The van der Waals surface area contributed by atoms with E-state index in [1.807, 2.05) is 0 Å². The van der Waals surface area contributed by atoms with Crippen molar-refractivity contribution in [2.45, 2.75) is 110 Å². The predicted molar refractivity (Wildman–Crippen MR) is 151 cm³/mol. The Labute approximate surface area is 231 Å². The van der Waals surface area contributed by atoms with E-state index in [1.54, 1.807) is 0 Å². The first-order valence-corrected chi connectivity index (χ1v) is 15.3. The molecule has 0 aromatic heterocycles. The summed E-state index contributed by atoms with van der Waals surface area (Å²) in [7, 11) is 0. The van der Waals surface area contributed by atoms with Crippen molar-refractivity contribution >= 4 is 11.9 Å². The zero-order valence-electron chi connectivity index (χ0n) is 24.0. The van der Waals surface area contributed by atoms with Crippen molar-refractivity contribution in [1.29, 1.82) is 0 Å². The smallest absolute Gasteiger partial charge is 0.335 e. The molecule has 0 radical (unpaired) electrons. The topological polar surface area (TPSA) is 93.1 Å². The fourth-order valence-corrected chi connectivity index (χ4v) is 6.69. The van der Waals surface area contributed by atoms with Gasteiger partial charge in [0.25, 0.3) is 0 Å². The summed E-state index contributed by atoms with van der Waals surface area (Å²) in [4.78, 5) is 23.6. The van der Waals surface area contributed by atoms with E-state index >= 15 is 0 Å². The lowest BCUT2D eigenvalue weighted by Gasteiger charge is -2.40. The van der Waals surface area contributed by atoms with Crippen LogP contribution in [-0.2, 0) is 19.1 Å². The first-order chi connectivity index (χ1) is 18.4. The van der Waals surface area contributed by atoms with Crippen LogP contribution in [0, 0.1) is 29.6 Å². The van der Waals surface area contributed by atoms with Gasteiger partial charge in [-0.15, -0.1) is 0 Å². The molecule has 2 saturated carbocycles. The van der Waals surface area contributed by atoms with Gasteiger partial charge in [-0.25, -0.2) is 9.59 Å². The van der Waals surface area contributed by atoms with Crippen LogP contribution in [0.15, 0.2) is 24.3 Å². The minimum Gasteiger partial charge on any atom is -0.462 e. The third kappa shape index (κ3) is 11.6. The Morgan fingerprint density at radius 3 is 1.66 bits per heavy atom. The number of aliphatic hydroxyl groups excluding tert-OH is 2. The number of hydrogen-bond donors (Lipinski definition) is 2. The standard InChI is InChI=1S/C32H54O6/c1-4-5-6-9-26-12-14-28(15-13-26)30-18-16-29(17-19-30)27(10-7-20-37-31(35)24(2)22-33)11-8-21-38-32(36)25(3)23-34/h26-30,33-34H,2-23H2,1H3.